The van der Waals surface area contributed by atoms with Crippen LogP contribution in [0.5, 0.6) is 0 Å². The van der Waals surface area contributed by atoms with Gasteiger partial charge in [-0.25, -0.2) is 4.79 Å². The summed E-state index contributed by atoms with van der Waals surface area (Å²) in [7, 11) is 0. The largest absolute Gasteiger partial charge is 0.481 e. The maximum atomic E-state index is 13.2. The Morgan fingerprint density at radius 3 is 1.66 bits per heavy atom. The van der Waals surface area contributed by atoms with Gasteiger partial charge in [-0.15, -0.1) is 0 Å². The summed E-state index contributed by atoms with van der Waals surface area (Å²) in [6, 6.07) is -1.54. The first-order valence-electron chi connectivity index (χ1n) is 20.3. The summed E-state index contributed by atoms with van der Waals surface area (Å²) in [6.07, 6.45) is 3.20. The number of amides is 1. The SMILES string of the molecule is CCC(C)(NCCOCCOCC(=O)C(C)(CC)NCCCC[C@H](NC(C)(C)C)C(=O)C(C)(C)C)C(=O)CC[C@H](NC(=O)C(C)(C)CC(C)(C)C(=O)O)C(=O)O. The van der Waals surface area contributed by atoms with Crippen molar-refractivity contribution in [1.29, 1.82) is 0 Å². The van der Waals surface area contributed by atoms with Crippen LogP contribution in [0.4, 0.5) is 0 Å². The minimum atomic E-state index is -1.31. The van der Waals surface area contributed by atoms with Crippen molar-refractivity contribution in [3.8, 4) is 0 Å². The molecule has 0 aromatic carbocycles. The van der Waals surface area contributed by atoms with Crippen LogP contribution in [0.1, 0.15) is 148 Å². The summed E-state index contributed by atoms with van der Waals surface area (Å²) >= 11 is 0. The van der Waals surface area contributed by atoms with Gasteiger partial charge in [-0.1, -0.05) is 54.9 Å². The van der Waals surface area contributed by atoms with Gasteiger partial charge in [0.05, 0.1) is 42.4 Å². The van der Waals surface area contributed by atoms with Gasteiger partial charge in [-0.2, -0.15) is 0 Å². The molecule has 0 heterocycles. The van der Waals surface area contributed by atoms with E-state index in [4.69, 9.17) is 9.47 Å². The van der Waals surface area contributed by atoms with E-state index in [-0.39, 0.29) is 74.6 Å². The van der Waals surface area contributed by atoms with Crippen molar-refractivity contribution in [2.24, 2.45) is 16.2 Å². The van der Waals surface area contributed by atoms with Crippen LogP contribution in [0.3, 0.4) is 0 Å². The number of carbonyl (C=O) groups excluding carboxylic acids is 4. The normalized spacial score (nSPS) is 16.0. The first-order valence-corrected chi connectivity index (χ1v) is 20.3. The van der Waals surface area contributed by atoms with Crippen LogP contribution in [-0.2, 0) is 38.2 Å². The van der Waals surface area contributed by atoms with E-state index in [1.54, 1.807) is 20.8 Å². The standard InChI is InChI=1S/C42H78N4O10/c1-15-41(13,31(47)21-20-30(34(50)51)45-35(52)39(9,10)28-40(11,12)36(53)54)44-23-24-55-25-26-56-27-32(48)42(14,16-2)43-22-18-17-19-29(46-38(6,7)8)33(49)37(3,4)5/h29-30,43-44,46H,15-28H2,1-14H3,(H,45,52)(H,50,51)(H,53,54)/t29-,30-,41?,42?/m0/s1. The number of aliphatic carboxylic acids is 2. The van der Waals surface area contributed by atoms with Crippen molar-refractivity contribution >= 4 is 35.2 Å². The number of ether oxygens (including phenoxy) is 2. The minimum Gasteiger partial charge on any atom is -0.481 e. The van der Waals surface area contributed by atoms with Crippen LogP contribution < -0.4 is 21.3 Å². The van der Waals surface area contributed by atoms with Gasteiger partial charge in [0.15, 0.2) is 17.3 Å². The molecule has 0 aliphatic rings. The molecule has 14 heteroatoms. The highest BCUT2D eigenvalue weighted by Gasteiger charge is 2.41. The first kappa shape index (κ1) is 53.2. The third kappa shape index (κ3) is 19.1. The predicted octanol–water partition coefficient (Wildman–Crippen LogP) is 5.09. The van der Waals surface area contributed by atoms with Gasteiger partial charge >= 0.3 is 11.9 Å². The second-order valence-electron chi connectivity index (χ2n) is 18.9. The van der Waals surface area contributed by atoms with E-state index >= 15 is 0 Å². The zero-order valence-corrected chi connectivity index (χ0v) is 37.2. The monoisotopic (exact) mass is 799 g/mol. The summed E-state index contributed by atoms with van der Waals surface area (Å²) in [5, 5.41) is 31.8. The van der Waals surface area contributed by atoms with Gasteiger partial charge in [0.1, 0.15) is 12.6 Å². The van der Waals surface area contributed by atoms with Crippen molar-refractivity contribution < 1.29 is 48.5 Å². The highest BCUT2D eigenvalue weighted by Crippen LogP contribution is 2.34. The van der Waals surface area contributed by atoms with E-state index < -0.39 is 51.2 Å². The lowest BCUT2D eigenvalue weighted by molar-refractivity contribution is -0.151. The number of nitrogens with one attached hydrogen (secondary N) is 4. The van der Waals surface area contributed by atoms with Gasteiger partial charge in [-0.3, -0.25) is 24.0 Å². The fraction of sp³-hybridized carbons (Fsp3) is 0.857. The van der Waals surface area contributed by atoms with Crippen LogP contribution >= 0.6 is 0 Å². The highest BCUT2D eigenvalue weighted by molar-refractivity contribution is 5.91. The molecule has 0 saturated carbocycles. The third-order valence-corrected chi connectivity index (χ3v) is 10.5. The number of hydrogen-bond donors (Lipinski definition) is 6. The maximum Gasteiger partial charge on any atom is 0.326 e. The average Bonchev–Trinajstić information content (AvgIpc) is 3.07. The van der Waals surface area contributed by atoms with Crippen LogP contribution in [0.2, 0.25) is 0 Å². The number of rotatable bonds is 30. The zero-order chi connectivity index (χ0) is 43.8. The Balaban J connectivity index is 4.73. The average molecular weight is 799 g/mol. The minimum absolute atomic E-state index is 0.00584. The molecular weight excluding hydrogens is 720 g/mol. The molecule has 56 heavy (non-hydrogen) atoms. The van der Waals surface area contributed by atoms with Gasteiger partial charge in [0.2, 0.25) is 5.91 Å². The molecule has 0 radical (unpaired) electrons. The van der Waals surface area contributed by atoms with E-state index in [2.05, 4.69) is 42.0 Å². The fourth-order valence-corrected chi connectivity index (χ4v) is 6.36. The van der Waals surface area contributed by atoms with E-state index in [1.807, 2.05) is 41.5 Å². The van der Waals surface area contributed by atoms with Crippen LogP contribution in [0.15, 0.2) is 0 Å². The molecule has 4 atom stereocenters. The van der Waals surface area contributed by atoms with Crippen molar-refractivity contribution in [3.05, 3.63) is 0 Å². The molecule has 14 nitrogen and oxygen atoms in total. The number of unbranched alkanes of at least 4 members (excludes halogenated alkanes) is 1. The molecule has 0 rings (SSSR count). The van der Waals surface area contributed by atoms with E-state index in [1.165, 1.54) is 13.8 Å². The molecule has 6 N–H and O–H groups in total. The molecule has 2 unspecified atom stereocenters. The lowest BCUT2D eigenvalue weighted by atomic mass is 9.74. The van der Waals surface area contributed by atoms with Crippen molar-refractivity contribution in [2.45, 2.75) is 177 Å². The summed E-state index contributed by atoms with van der Waals surface area (Å²) < 4.78 is 11.3. The molecule has 0 aliphatic carbocycles. The molecule has 0 bridgehead atoms. The number of carboxylic acid groups (broad SMARTS) is 2. The van der Waals surface area contributed by atoms with Gasteiger partial charge < -0.3 is 41.0 Å². The van der Waals surface area contributed by atoms with E-state index in [0.717, 1.165) is 19.3 Å². The lowest BCUT2D eigenvalue weighted by Crippen LogP contribution is -2.52. The van der Waals surface area contributed by atoms with Crippen LogP contribution in [-0.4, -0.2) is 114 Å². The Kier molecular flexibility index (Phi) is 21.8. The second kappa shape index (κ2) is 23.0. The van der Waals surface area contributed by atoms with E-state index in [0.29, 0.717) is 25.9 Å². The van der Waals surface area contributed by atoms with Gasteiger partial charge in [0.25, 0.3) is 0 Å². The summed E-state index contributed by atoms with van der Waals surface area (Å²) in [5.41, 5.74) is -4.64. The molecule has 0 fully saturated rings. The first-order chi connectivity index (χ1) is 25.5. The van der Waals surface area contributed by atoms with Crippen LogP contribution in [0, 0.1) is 16.2 Å². The Morgan fingerprint density at radius 1 is 0.625 bits per heavy atom. The Labute approximate surface area is 337 Å². The molecule has 0 spiro atoms. The predicted molar refractivity (Wildman–Crippen MR) is 219 cm³/mol. The molecule has 1 amide bonds. The zero-order valence-electron chi connectivity index (χ0n) is 37.2. The van der Waals surface area contributed by atoms with Crippen molar-refractivity contribution in [3.63, 3.8) is 0 Å². The number of ketones is 3. The van der Waals surface area contributed by atoms with Gasteiger partial charge in [0, 0.05) is 29.3 Å². The smallest absolute Gasteiger partial charge is 0.326 e. The quantitative estimate of drug-likeness (QED) is 0.0524. The number of carbonyl (C=O) groups is 6. The third-order valence-electron chi connectivity index (χ3n) is 10.5. The Bertz CT molecular complexity index is 1300. The number of carboxylic acids is 2. The topological polar surface area (TPSA) is 209 Å². The number of Topliss-reactive ketones (excluding diaryl/α,β-unsaturated/α-hetero) is 3. The molecule has 0 saturated heterocycles. The summed E-state index contributed by atoms with van der Waals surface area (Å²) in [5.74, 6) is -3.00. The molecule has 0 aromatic heterocycles. The molecule has 0 aliphatic heterocycles. The Hall–Kier alpha value is -2.78. The highest BCUT2D eigenvalue weighted by atomic mass is 16.5. The van der Waals surface area contributed by atoms with Crippen molar-refractivity contribution in [2.75, 3.05) is 39.5 Å². The molecular formula is C42H78N4O10. The van der Waals surface area contributed by atoms with Gasteiger partial charge in [-0.05, 0) is 93.5 Å². The van der Waals surface area contributed by atoms with Crippen LogP contribution in [0.25, 0.3) is 0 Å². The summed E-state index contributed by atoms with van der Waals surface area (Å²) in [4.78, 5) is 75.8. The summed E-state index contributed by atoms with van der Waals surface area (Å²) in [6.45, 7) is 27.2. The second-order valence-corrected chi connectivity index (χ2v) is 18.9. The Morgan fingerprint density at radius 2 is 1.16 bits per heavy atom. The molecule has 0 aromatic rings. The maximum absolute atomic E-state index is 13.2. The molecule has 326 valence electrons. The number of hydrogen-bond acceptors (Lipinski definition) is 11. The fourth-order valence-electron chi connectivity index (χ4n) is 6.36. The van der Waals surface area contributed by atoms with E-state index in [9.17, 15) is 39.0 Å². The van der Waals surface area contributed by atoms with Crippen molar-refractivity contribution in [1.82, 2.24) is 21.3 Å². The lowest BCUT2D eigenvalue weighted by Gasteiger charge is -2.32.